The van der Waals surface area contributed by atoms with E-state index < -0.39 is 6.10 Å². The Kier molecular flexibility index (Phi) is 3.94. The Morgan fingerprint density at radius 2 is 2.14 bits per heavy atom. The Balaban J connectivity index is 1.71. The number of β-amino-alcohol motifs (C(OH)–C–C–N with tert-alkyl or cyclic N) is 1. The minimum Gasteiger partial charge on any atom is -0.391 e. The first kappa shape index (κ1) is 14.7. The summed E-state index contributed by atoms with van der Waals surface area (Å²) in [5, 5.41) is 17.0. The Morgan fingerprint density at radius 1 is 1.41 bits per heavy atom. The van der Waals surface area contributed by atoms with Crippen molar-refractivity contribution in [1.29, 1.82) is 0 Å². The zero-order chi connectivity index (χ0) is 15.7. The monoisotopic (exact) mass is 303 g/mol. The molecular weight excluding hydrogens is 285 g/mol. The standard InChI is InChI=1S/C16H18FN3O2/c1-10-14(8-18-19-10)16(22)20-7-6-13(15(21)9-20)11-2-4-12(17)5-3-11/h2-5,8,13,15,21H,6-7,9H2,1H3,(H,18,19)/t13-,15+/m0/s1. The molecule has 1 aromatic heterocycles. The van der Waals surface area contributed by atoms with E-state index in [1.807, 2.05) is 0 Å². The van der Waals surface area contributed by atoms with Crippen molar-refractivity contribution >= 4 is 5.91 Å². The average molecular weight is 303 g/mol. The second-order valence-electron chi connectivity index (χ2n) is 5.67. The van der Waals surface area contributed by atoms with Gasteiger partial charge in [0.05, 0.1) is 17.9 Å². The van der Waals surface area contributed by atoms with Gasteiger partial charge >= 0.3 is 0 Å². The smallest absolute Gasteiger partial charge is 0.257 e. The number of nitrogens with zero attached hydrogens (tertiary/aromatic N) is 2. The number of rotatable bonds is 2. The Hall–Kier alpha value is -2.21. The highest BCUT2D eigenvalue weighted by Crippen LogP contribution is 2.29. The molecule has 1 saturated heterocycles. The van der Waals surface area contributed by atoms with E-state index in [2.05, 4.69) is 10.2 Å². The summed E-state index contributed by atoms with van der Waals surface area (Å²) < 4.78 is 13.0. The van der Waals surface area contributed by atoms with Gasteiger partial charge in [0.1, 0.15) is 5.82 Å². The number of carbonyl (C=O) groups excluding carboxylic acids is 1. The molecule has 3 rings (SSSR count). The van der Waals surface area contributed by atoms with E-state index >= 15 is 0 Å². The van der Waals surface area contributed by atoms with Crippen LogP contribution in [0.2, 0.25) is 0 Å². The van der Waals surface area contributed by atoms with E-state index in [1.165, 1.54) is 18.3 Å². The van der Waals surface area contributed by atoms with Crippen LogP contribution in [0.25, 0.3) is 0 Å². The lowest BCUT2D eigenvalue weighted by Gasteiger charge is -2.36. The number of hydrogen-bond acceptors (Lipinski definition) is 3. The lowest BCUT2D eigenvalue weighted by atomic mass is 9.87. The maximum atomic E-state index is 13.0. The number of benzene rings is 1. The average Bonchev–Trinajstić information content (AvgIpc) is 2.93. The third kappa shape index (κ3) is 2.74. The Labute approximate surface area is 127 Å². The molecule has 2 heterocycles. The fraction of sp³-hybridized carbons (Fsp3) is 0.375. The number of aromatic nitrogens is 2. The van der Waals surface area contributed by atoms with Crippen molar-refractivity contribution in [2.24, 2.45) is 0 Å². The van der Waals surface area contributed by atoms with Crippen LogP contribution in [-0.4, -0.2) is 45.3 Å². The van der Waals surface area contributed by atoms with Crippen LogP contribution in [0.1, 0.15) is 34.0 Å². The molecule has 2 N–H and O–H groups in total. The van der Waals surface area contributed by atoms with Gasteiger partial charge in [-0.3, -0.25) is 9.89 Å². The third-order valence-corrected chi connectivity index (χ3v) is 4.23. The maximum Gasteiger partial charge on any atom is 0.257 e. The largest absolute Gasteiger partial charge is 0.391 e. The lowest BCUT2D eigenvalue weighted by molar-refractivity contribution is 0.0381. The van der Waals surface area contributed by atoms with Gasteiger partial charge in [-0.25, -0.2) is 4.39 Å². The predicted octanol–water partition coefficient (Wildman–Crippen LogP) is 1.85. The summed E-state index contributed by atoms with van der Waals surface area (Å²) in [6, 6.07) is 6.19. The first-order valence-electron chi connectivity index (χ1n) is 7.29. The highest BCUT2D eigenvalue weighted by molar-refractivity contribution is 5.95. The van der Waals surface area contributed by atoms with E-state index in [1.54, 1.807) is 24.0 Å². The number of aryl methyl sites for hydroxylation is 1. The molecule has 0 radical (unpaired) electrons. The van der Waals surface area contributed by atoms with E-state index in [0.29, 0.717) is 18.5 Å². The number of hydrogen-bond donors (Lipinski definition) is 2. The number of piperidine rings is 1. The SMILES string of the molecule is Cc1[nH]ncc1C(=O)N1CC[C@@H](c2ccc(F)cc2)[C@H](O)C1. The molecule has 22 heavy (non-hydrogen) atoms. The summed E-state index contributed by atoms with van der Waals surface area (Å²) in [7, 11) is 0. The second-order valence-corrected chi connectivity index (χ2v) is 5.67. The molecule has 1 amide bonds. The summed E-state index contributed by atoms with van der Waals surface area (Å²) in [5.74, 6) is -0.487. The van der Waals surface area contributed by atoms with Crippen molar-refractivity contribution in [2.45, 2.75) is 25.4 Å². The zero-order valence-corrected chi connectivity index (χ0v) is 12.3. The molecule has 0 bridgehead atoms. The van der Waals surface area contributed by atoms with Gasteiger partial charge in [0.2, 0.25) is 0 Å². The second kappa shape index (κ2) is 5.88. The number of carbonyl (C=O) groups is 1. The van der Waals surface area contributed by atoms with Crippen molar-refractivity contribution in [3.8, 4) is 0 Å². The van der Waals surface area contributed by atoms with Crippen LogP contribution < -0.4 is 0 Å². The summed E-state index contributed by atoms with van der Waals surface area (Å²) in [5.41, 5.74) is 2.16. The van der Waals surface area contributed by atoms with Crippen molar-refractivity contribution in [2.75, 3.05) is 13.1 Å². The van der Waals surface area contributed by atoms with Crippen LogP contribution in [0.4, 0.5) is 4.39 Å². The van der Waals surface area contributed by atoms with Crippen LogP contribution >= 0.6 is 0 Å². The van der Waals surface area contributed by atoms with E-state index in [4.69, 9.17) is 0 Å². The molecular formula is C16H18FN3O2. The zero-order valence-electron chi connectivity index (χ0n) is 12.3. The summed E-state index contributed by atoms with van der Waals surface area (Å²) >= 11 is 0. The van der Waals surface area contributed by atoms with E-state index in [0.717, 1.165) is 11.3 Å². The van der Waals surface area contributed by atoms with Crippen LogP contribution in [0.15, 0.2) is 30.5 Å². The highest BCUT2D eigenvalue weighted by Gasteiger charge is 2.32. The minimum atomic E-state index is -0.657. The predicted molar refractivity (Wildman–Crippen MR) is 79.0 cm³/mol. The fourth-order valence-corrected chi connectivity index (χ4v) is 2.95. The van der Waals surface area contributed by atoms with Crippen LogP contribution in [0, 0.1) is 12.7 Å². The van der Waals surface area contributed by atoms with Gasteiger partial charge in [-0.1, -0.05) is 12.1 Å². The van der Waals surface area contributed by atoms with Gasteiger partial charge in [0, 0.05) is 24.7 Å². The quantitative estimate of drug-likeness (QED) is 0.889. The van der Waals surface area contributed by atoms with E-state index in [-0.39, 0.29) is 24.2 Å². The highest BCUT2D eigenvalue weighted by atomic mass is 19.1. The van der Waals surface area contributed by atoms with Crippen molar-refractivity contribution < 1.29 is 14.3 Å². The summed E-state index contributed by atoms with van der Waals surface area (Å²) in [4.78, 5) is 14.1. The number of H-pyrrole nitrogens is 1. The first-order valence-corrected chi connectivity index (χ1v) is 7.29. The molecule has 1 fully saturated rings. The molecule has 0 saturated carbocycles. The molecule has 2 aromatic rings. The van der Waals surface area contributed by atoms with Gasteiger partial charge in [0.25, 0.3) is 5.91 Å². The molecule has 1 aliphatic rings. The number of likely N-dealkylation sites (tertiary alicyclic amines) is 1. The van der Waals surface area contributed by atoms with Gasteiger partial charge in [-0.2, -0.15) is 5.10 Å². The number of aromatic amines is 1. The number of aliphatic hydroxyl groups excluding tert-OH is 1. The number of nitrogens with one attached hydrogen (secondary N) is 1. The molecule has 5 nitrogen and oxygen atoms in total. The first-order chi connectivity index (χ1) is 10.6. The van der Waals surface area contributed by atoms with Crippen molar-refractivity contribution in [3.05, 3.63) is 53.1 Å². The number of aliphatic hydroxyl groups is 1. The van der Waals surface area contributed by atoms with E-state index in [9.17, 15) is 14.3 Å². The Bertz CT molecular complexity index is 668. The van der Waals surface area contributed by atoms with Crippen molar-refractivity contribution in [1.82, 2.24) is 15.1 Å². The van der Waals surface area contributed by atoms with Crippen LogP contribution in [0.3, 0.4) is 0 Å². The molecule has 116 valence electrons. The van der Waals surface area contributed by atoms with Crippen LogP contribution in [0.5, 0.6) is 0 Å². The number of halogens is 1. The fourth-order valence-electron chi connectivity index (χ4n) is 2.95. The maximum absolute atomic E-state index is 13.0. The van der Waals surface area contributed by atoms with Crippen LogP contribution in [-0.2, 0) is 0 Å². The third-order valence-electron chi connectivity index (χ3n) is 4.23. The molecule has 0 aliphatic carbocycles. The van der Waals surface area contributed by atoms with Gasteiger partial charge < -0.3 is 10.0 Å². The minimum absolute atomic E-state index is 0.0740. The van der Waals surface area contributed by atoms with Gasteiger partial charge in [-0.05, 0) is 31.0 Å². The Morgan fingerprint density at radius 3 is 2.73 bits per heavy atom. The number of amides is 1. The van der Waals surface area contributed by atoms with Gasteiger partial charge in [0.15, 0.2) is 0 Å². The molecule has 0 spiro atoms. The lowest BCUT2D eigenvalue weighted by Crippen LogP contribution is -2.45. The normalized spacial score (nSPS) is 21.9. The summed E-state index contributed by atoms with van der Waals surface area (Å²) in [6.45, 7) is 2.62. The molecule has 2 atom stereocenters. The molecule has 0 unspecified atom stereocenters. The molecule has 1 aromatic carbocycles. The molecule has 1 aliphatic heterocycles. The molecule has 6 heteroatoms. The topological polar surface area (TPSA) is 69.2 Å². The summed E-state index contributed by atoms with van der Waals surface area (Å²) in [6.07, 6.45) is 1.50. The van der Waals surface area contributed by atoms with Gasteiger partial charge in [-0.15, -0.1) is 0 Å². The van der Waals surface area contributed by atoms with Crippen molar-refractivity contribution in [3.63, 3.8) is 0 Å².